The lowest BCUT2D eigenvalue weighted by atomic mass is 10.2. The Morgan fingerprint density at radius 3 is 1.77 bits per heavy atom. The largest absolute Gasteiger partial charge is 0.480 e. The second kappa shape index (κ2) is 20.9. The molecule has 1 amide bonds. The third kappa shape index (κ3) is 16.3. The third-order valence-corrected chi connectivity index (χ3v) is 7.74. The Morgan fingerprint density at radius 2 is 1.32 bits per heavy atom. The van der Waals surface area contributed by atoms with Crippen molar-refractivity contribution >= 4 is 33.7 Å². The number of sulfone groups is 1. The summed E-state index contributed by atoms with van der Waals surface area (Å²) in [7, 11) is -3.51. The van der Waals surface area contributed by atoms with Gasteiger partial charge in [-0.25, -0.2) is 18.4 Å². The summed E-state index contributed by atoms with van der Waals surface area (Å²) in [5.41, 5.74) is 0.448. The van der Waals surface area contributed by atoms with Crippen LogP contribution in [0.1, 0.15) is 24.8 Å². The van der Waals surface area contributed by atoms with Gasteiger partial charge in [-0.2, -0.15) is 0 Å². The van der Waals surface area contributed by atoms with Crippen LogP contribution in [0.3, 0.4) is 0 Å². The first-order chi connectivity index (χ1) is 22.4. The van der Waals surface area contributed by atoms with Crippen molar-refractivity contribution in [2.45, 2.75) is 24.4 Å². The van der Waals surface area contributed by atoms with Gasteiger partial charge in [0.2, 0.25) is 20.9 Å². The molecule has 15 nitrogen and oxygen atoms in total. The number of aromatic nitrogens is 2. The second-order valence-corrected chi connectivity index (χ2v) is 12.6. The van der Waals surface area contributed by atoms with Gasteiger partial charge >= 0.3 is 17.9 Å². The Balaban J connectivity index is 2.11. The fourth-order valence-corrected chi connectivity index (χ4v) is 4.92. The first-order valence-corrected chi connectivity index (χ1v) is 17.0. The minimum Gasteiger partial charge on any atom is -0.480 e. The number of unbranched alkanes of at least 4 members (excludes halogenated alkanes) is 1. The first-order valence-electron chi connectivity index (χ1n) is 15.1. The number of amides is 1. The molecule has 1 aromatic heterocycles. The summed E-state index contributed by atoms with van der Waals surface area (Å²) in [5, 5.41) is 9.21. The molecule has 1 aliphatic heterocycles. The number of carboxylic acid groups (broad SMARTS) is 1. The molecule has 1 fully saturated rings. The van der Waals surface area contributed by atoms with E-state index in [1.54, 1.807) is 9.80 Å². The molecule has 0 aromatic carbocycles. The number of carboxylic acids is 1. The van der Waals surface area contributed by atoms with Crippen LogP contribution >= 0.6 is 0 Å². The molecular formula is C31H44N6O9S. The number of hydrogen-bond acceptors (Lipinski definition) is 13. The SMILES string of the molecule is C=CCOC(=O)CN1CCN(CC(=O)O)CCN(C(=O)CCCC#Cc2cnc(S(C)(=O)=O)nc2)CCN(CC(=O)OCC=C)CC1. The van der Waals surface area contributed by atoms with E-state index in [0.717, 1.165) is 6.26 Å². The number of carbonyl (C=O) groups is 4. The summed E-state index contributed by atoms with van der Waals surface area (Å²) in [4.78, 5) is 64.4. The van der Waals surface area contributed by atoms with Crippen molar-refractivity contribution in [3.8, 4) is 11.8 Å². The fraction of sp³-hybridized carbons (Fsp3) is 0.548. The zero-order chi connectivity index (χ0) is 34.7. The number of nitrogens with zero attached hydrogens (tertiary/aromatic N) is 6. The van der Waals surface area contributed by atoms with Crippen LogP contribution in [0.2, 0.25) is 0 Å². The normalized spacial score (nSPS) is 15.6. The lowest BCUT2D eigenvalue weighted by Crippen LogP contribution is -2.49. The molecule has 0 saturated carbocycles. The van der Waals surface area contributed by atoms with Crippen LogP contribution in [-0.4, -0.2) is 158 Å². The van der Waals surface area contributed by atoms with Crippen LogP contribution in [0.4, 0.5) is 0 Å². The summed E-state index contributed by atoms with van der Waals surface area (Å²) < 4.78 is 33.3. The van der Waals surface area contributed by atoms with Gasteiger partial charge < -0.3 is 19.5 Å². The minimum absolute atomic E-state index is 0.0179. The standard InChI is InChI=1S/C31H44N6O9S/c1-4-19-45-29(41)24-35-12-11-34(23-28(39)40)15-17-37(18-16-36(14-13-35)25-30(42)46-20-5-2)27(38)10-8-6-7-9-26-21-32-31(33-22-26)47(3,43)44/h4-5,21-22H,1-2,6,8,10-20,23-25H2,3H3,(H,39,40). The van der Waals surface area contributed by atoms with E-state index in [0.29, 0.717) is 51.1 Å². The monoisotopic (exact) mass is 676 g/mol. The number of rotatable bonds is 14. The highest BCUT2D eigenvalue weighted by Gasteiger charge is 2.22. The molecule has 0 atom stereocenters. The Morgan fingerprint density at radius 1 is 0.851 bits per heavy atom. The van der Waals surface area contributed by atoms with Crippen molar-refractivity contribution < 1.29 is 42.2 Å². The lowest BCUT2D eigenvalue weighted by Gasteiger charge is -2.33. The van der Waals surface area contributed by atoms with Gasteiger partial charge in [0, 0.05) is 83.8 Å². The van der Waals surface area contributed by atoms with Crippen molar-refractivity contribution in [2.75, 3.05) is 91.5 Å². The highest BCUT2D eigenvalue weighted by Crippen LogP contribution is 2.07. The smallest absolute Gasteiger partial charge is 0.320 e. The van der Waals surface area contributed by atoms with Gasteiger partial charge in [0.05, 0.1) is 25.2 Å². The van der Waals surface area contributed by atoms with Crippen molar-refractivity contribution in [3.05, 3.63) is 43.3 Å². The summed E-state index contributed by atoms with van der Waals surface area (Å²) >= 11 is 0. The molecule has 258 valence electrons. The van der Waals surface area contributed by atoms with Gasteiger partial charge in [0.25, 0.3) is 0 Å². The van der Waals surface area contributed by atoms with Crippen LogP contribution in [0.5, 0.6) is 0 Å². The molecule has 1 aromatic rings. The average Bonchev–Trinajstić information content (AvgIpc) is 3.02. The summed E-state index contributed by atoms with van der Waals surface area (Å²) in [5.74, 6) is 3.76. The maximum absolute atomic E-state index is 13.3. The Bertz CT molecular complexity index is 1390. The van der Waals surface area contributed by atoms with Crippen molar-refractivity contribution in [3.63, 3.8) is 0 Å². The van der Waals surface area contributed by atoms with Gasteiger partial charge in [-0.05, 0) is 6.42 Å². The highest BCUT2D eigenvalue weighted by molar-refractivity contribution is 7.90. The fourth-order valence-electron chi connectivity index (χ4n) is 4.44. The summed E-state index contributed by atoms with van der Waals surface area (Å²) in [6, 6.07) is 0. The van der Waals surface area contributed by atoms with Crippen LogP contribution in [0, 0.1) is 11.8 Å². The molecule has 0 radical (unpaired) electrons. The molecule has 47 heavy (non-hydrogen) atoms. The Kier molecular flexibility index (Phi) is 17.3. The van der Waals surface area contributed by atoms with Gasteiger partial charge in [-0.1, -0.05) is 37.2 Å². The molecular weight excluding hydrogens is 632 g/mol. The maximum Gasteiger partial charge on any atom is 0.320 e. The van der Waals surface area contributed by atoms with Gasteiger partial charge in [0.1, 0.15) is 13.2 Å². The summed E-state index contributed by atoms with van der Waals surface area (Å²) in [6.07, 6.45) is 7.66. The molecule has 1 saturated heterocycles. The van der Waals surface area contributed by atoms with E-state index in [4.69, 9.17) is 9.47 Å². The summed E-state index contributed by atoms with van der Waals surface area (Å²) in [6.45, 7) is 9.59. The third-order valence-electron chi connectivity index (χ3n) is 6.86. The number of carbonyl (C=O) groups excluding carboxylic acids is 3. The molecule has 0 aliphatic carbocycles. The topological polar surface area (TPSA) is 180 Å². The molecule has 1 N–H and O–H groups in total. The van der Waals surface area contributed by atoms with Crippen molar-refractivity contribution in [1.29, 1.82) is 0 Å². The van der Waals surface area contributed by atoms with Crippen LogP contribution in [0.25, 0.3) is 0 Å². The predicted octanol–water partition coefficient (Wildman–Crippen LogP) is -0.307. The predicted molar refractivity (Wildman–Crippen MR) is 172 cm³/mol. The van der Waals surface area contributed by atoms with Gasteiger partial charge in [0.15, 0.2) is 0 Å². The van der Waals surface area contributed by atoms with E-state index in [1.165, 1.54) is 24.5 Å². The molecule has 0 bridgehead atoms. The van der Waals surface area contributed by atoms with E-state index in [9.17, 15) is 32.7 Å². The molecule has 16 heteroatoms. The van der Waals surface area contributed by atoms with Gasteiger partial charge in [-0.15, -0.1) is 0 Å². The Labute approximate surface area is 276 Å². The van der Waals surface area contributed by atoms with Crippen molar-refractivity contribution in [1.82, 2.24) is 29.6 Å². The zero-order valence-corrected chi connectivity index (χ0v) is 27.7. The molecule has 0 unspecified atom stereocenters. The number of aliphatic carboxylic acids is 1. The number of ether oxygens (including phenoxy) is 2. The quantitative estimate of drug-likeness (QED) is 0.0892. The van der Waals surface area contributed by atoms with E-state index in [1.807, 2.05) is 9.80 Å². The van der Waals surface area contributed by atoms with E-state index in [-0.39, 0.29) is 70.0 Å². The lowest BCUT2D eigenvalue weighted by molar-refractivity contribution is -0.145. The first kappa shape index (κ1) is 39.0. The number of hydrogen-bond donors (Lipinski definition) is 1. The zero-order valence-electron chi connectivity index (χ0n) is 26.8. The molecule has 2 heterocycles. The van der Waals surface area contributed by atoms with E-state index >= 15 is 0 Å². The molecule has 1 aliphatic rings. The minimum atomic E-state index is -3.51. The van der Waals surface area contributed by atoms with Crippen LogP contribution in [-0.2, 0) is 38.5 Å². The Hall–Kier alpha value is -4.17. The van der Waals surface area contributed by atoms with Gasteiger partial charge in [-0.3, -0.25) is 33.9 Å². The van der Waals surface area contributed by atoms with E-state index < -0.39 is 27.7 Å². The molecule has 2 rings (SSSR count). The highest BCUT2D eigenvalue weighted by atomic mass is 32.2. The van der Waals surface area contributed by atoms with E-state index in [2.05, 4.69) is 35.0 Å². The van der Waals surface area contributed by atoms with Crippen LogP contribution < -0.4 is 0 Å². The number of esters is 2. The average molecular weight is 677 g/mol. The molecule has 0 spiro atoms. The van der Waals surface area contributed by atoms with Crippen molar-refractivity contribution in [2.24, 2.45) is 0 Å². The maximum atomic E-state index is 13.3. The van der Waals surface area contributed by atoms with Crippen LogP contribution in [0.15, 0.2) is 42.9 Å². The second-order valence-electron chi connectivity index (χ2n) is 10.7.